The van der Waals surface area contributed by atoms with Gasteiger partial charge in [-0.1, -0.05) is 36.2 Å². The number of imidazole rings is 1. The fourth-order valence-electron chi connectivity index (χ4n) is 2.85. The number of halogens is 2. The van der Waals surface area contributed by atoms with E-state index in [1.165, 1.54) is 11.1 Å². The number of aryl methyl sites for hydroxylation is 2. The van der Waals surface area contributed by atoms with Crippen LogP contribution in [0.25, 0.3) is 11.0 Å². The van der Waals surface area contributed by atoms with Gasteiger partial charge < -0.3 is 10.3 Å². The van der Waals surface area contributed by atoms with Gasteiger partial charge in [-0.25, -0.2) is 4.98 Å². The van der Waals surface area contributed by atoms with E-state index >= 15 is 0 Å². The molecule has 24 heavy (non-hydrogen) atoms. The monoisotopic (exact) mass is 361 g/mol. The Kier molecular flexibility index (Phi) is 4.86. The van der Waals surface area contributed by atoms with E-state index in [1.807, 2.05) is 18.2 Å². The van der Waals surface area contributed by atoms with Crippen LogP contribution in [0.5, 0.6) is 0 Å². The van der Waals surface area contributed by atoms with Crippen LogP contribution in [0.1, 0.15) is 41.9 Å². The van der Waals surface area contributed by atoms with Crippen LogP contribution < -0.4 is 5.73 Å². The fraction of sp³-hybridized carbons (Fsp3) is 0.316. The van der Waals surface area contributed by atoms with Crippen molar-refractivity contribution in [2.24, 2.45) is 5.73 Å². The summed E-state index contributed by atoms with van der Waals surface area (Å²) in [5.74, 6) is 0.906. The summed E-state index contributed by atoms with van der Waals surface area (Å²) in [6.07, 6.45) is 0.836. The highest BCUT2D eigenvalue weighted by Gasteiger charge is 2.17. The maximum atomic E-state index is 6.31. The minimum atomic E-state index is -0.0965. The predicted molar refractivity (Wildman–Crippen MR) is 102 cm³/mol. The number of nitrogens with two attached hydrogens (primary N) is 1. The van der Waals surface area contributed by atoms with Gasteiger partial charge >= 0.3 is 0 Å². The number of fused-ring (bicyclic) bond motifs is 1. The molecule has 1 heterocycles. The van der Waals surface area contributed by atoms with E-state index in [0.29, 0.717) is 16.6 Å². The molecule has 2 aromatic carbocycles. The van der Waals surface area contributed by atoms with Gasteiger partial charge in [0.25, 0.3) is 0 Å². The van der Waals surface area contributed by atoms with Gasteiger partial charge in [0.2, 0.25) is 0 Å². The van der Waals surface area contributed by atoms with Crippen LogP contribution in [-0.4, -0.2) is 9.55 Å². The summed E-state index contributed by atoms with van der Waals surface area (Å²) in [4.78, 5) is 4.80. The van der Waals surface area contributed by atoms with Crippen LogP contribution in [-0.2, 0) is 6.54 Å². The Labute approximate surface area is 152 Å². The molecular formula is C19H21Cl2N3. The van der Waals surface area contributed by atoms with Crippen molar-refractivity contribution in [2.45, 2.75) is 39.8 Å². The summed E-state index contributed by atoms with van der Waals surface area (Å²) in [5.41, 5.74) is 12.0. The molecule has 0 saturated heterocycles. The smallest absolute Gasteiger partial charge is 0.127 e. The third-order valence-corrected chi connectivity index (χ3v) is 5.23. The standard InChI is InChI=1S/C19H21Cl2N3/c1-4-16(22)19-23-17-7-11(2)12(3)8-18(17)24(19)10-13-5-6-14(20)15(21)9-13/h5-9,16H,4,10,22H2,1-3H3. The lowest BCUT2D eigenvalue weighted by atomic mass is 10.1. The minimum absolute atomic E-state index is 0.0965. The summed E-state index contributed by atoms with van der Waals surface area (Å²) >= 11 is 12.2. The molecule has 0 aliphatic rings. The molecular weight excluding hydrogens is 341 g/mol. The highest BCUT2D eigenvalue weighted by Crippen LogP contribution is 2.27. The lowest BCUT2D eigenvalue weighted by Gasteiger charge is -2.14. The Bertz CT molecular complexity index is 899. The number of benzene rings is 2. The molecule has 0 saturated carbocycles. The summed E-state index contributed by atoms with van der Waals surface area (Å²) in [5, 5.41) is 1.12. The van der Waals surface area contributed by atoms with Crippen molar-refractivity contribution in [1.29, 1.82) is 0 Å². The van der Waals surface area contributed by atoms with Gasteiger partial charge in [-0.2, -0.15) is 0 Å². The number of hydrogen-bond donors (Lipinski definition) is 1. The second-order valence-corrected chi connectivity index (χ2v) is 7.06. The van der Waals surface area contributed by atoms with Gasteiger partial charge in [-0.15, -0.1) is 0 Å². The zero-order chi connectivity index (χ0) is 17.4. The molecule has 1 aromatic heterocycles. The second kappa shape index (κ2) is 6.75. The van der Waals surface area contributed by atoms with E-state index in [2.05, 4.69) is 37.5 Å². The maximum absolute atomic E-state index is 6.31. The first-order valence-corrected chi connectivity index (χ1v) is 8.83. The van der Waals surface area contributed by atoms with Crippen LogP contribution in [0.15, 0.2) is 30.3 Å². The largest absolute Gasteiger partial charge is 0.322 e. The topological polar surface area (TPSA) is 43.8 Å². The van der Waals surface area contributed by atoms with Crippen LogP contribution in [0, 0.1) is 13.8 Å². The van der Waals surface area contributed by atoms with Gasteiger partial charge in [0.15, 0.2) is 0 Å². The van der Waals surface area contributed by atoms with Crippen LogP contribution in [0.4, 0.5) is 0 Å². The van der Waals surface area contributed by atoms with Crippen LogP contribution >= 0.6 is 23.2 Å². The average molecular weight is 362 g/mol. The second-order valence-electron chi connectivity index (χ2n) is 6.24. The third-order valence-electron chi connectivity index (χ3n) is 4.49. The Morgan fingerprint density at radius 3 is 2.46 bits per heavy atom. The van der Waals surface area contributed by atoms with Crippen LogP contribution in [0.2, 0.25) is 10.0 Å². The van der Waals surface area contributed by atoms with E-state index in [9.17, 15) is 0 Å². The van der Waals surface area contributed by atoms with Crippen LogP contribution in [0.3, 0.4) is 0 Å². The average Bonchev–Trinajstić information content (AvgIpc) is 2.88. The summed E-state index contributed by atoms with van der Waals surface area (Å²) in [6.45, 7) is 6.96. The molecule has 5 heteroatoms. The third kappa shape index (κ3) is 3.16. The van der Waals surface area contributed by atoms with Gasteiger partial charge in [0.05, 0.1) is 27.1 Å². The molecule has 0 fully saturated rings. The van der Waals surface area contributed by atoms with E-state index in [4.69, 9.17) is 33.9 Å². The number of aromatic nitrogens is 2. The first-order valence-electron chi connectivity index (χ1n) is 8.07. The van der Waals surface area contributed by atoms with Crippen molar-refractivity contribution in [2.75, 3.05) is 0 Å². The van der Waals surface area contributed by atoms with Gasteiger partial charge in [-0.3, -0.25) is 0 Å². The molecule has 1 atom stereocenters. The summed E-state index contributed by atoms with van der Waals surface area (Å²) in [6, 6.07) is 9.93. The molecule has 0 aliphatic heterocycles. The molecule has 0 spiro atoms. The molecule has 3 nitrogen and oxygen atoms in total. The number of rotatable bonds is 4. The predicted octanol–water partition coefficient (Wildman–Crippen LogP) is 5.42. The van der Waals surface area contributed by atoms with Crippen molar-refractivity contribution in [3.63, 3.8) is 0 Å². The molecule has 126 valence electrons. The zero-order valence-corrected chi connectivity index (χ0v) is 15.6. The van der Waals surface area contributed by atoms with Crippen molar-refractivity contribution in [3.05, 3.63) is 62.9 Å². The lowest BCUT2D eigenvalue weighted by molar-refractivity contribution is 0.605. The van der Waals surface area contributed by atoms with Gasteiger partial charge in [-0.05, 0) is 61.2 Å². The van der Waals surface area contributed by atoms with E-state index < -0.39 is 0 Å². The van der Waals surface area contributed by atoms with Crippen molar-refractivity contribution >= 4 is 34.2 Å². The molecule has 0 aliphatic carbocycles. The normalized spacial score (nSPS) is 12.8. The maximum Gasteiger partial charge on any atom is 0.127 e. The Morgan fingerprint density at radius 2 is 1.79 bits per heavy atom. The Hall–Kier alpha value is -1.55. The fourth-order valence-corrected chi connectivity index (χ4v) is 3.17. The molecule has 0 amide bonds. The first kappa shape index (κ1) is 17.3. The number of hydrogen-bond acceptors (Lipinski definition) is 2. The highest BCUT2D eigenvalue weighted by atomic mass is 35.5. The van der Waals surface area contributed by atoms with Gasteiger partial charge in [0, 0.05) is 6.54 Å². The molecule has 3 rings (SSSR count). The lowest BCUT2D eigenvalue weighted by Crippen LogP contribution is -2.16. The minimum Gasteiger partial charge on any atom is -0.322 e. The van der Waals surface area contributed by atoms with Crippen molar-refractivity contribution in [3.8, 4) is 0 Å². The van der Waals surface area contributed by atoms with E-state index in [-0.39, 0.29) is 6.04 Å². The molecule has 2 N–H and O–H groups in total. The first-order chi connectivity index (χ1) is 11.4. The van der Waals surface area contributed by atoms with Crippen molar-refractivity contribution in [1.82, 2.24) is 9.55 Å². The number of nitrogens with zero attached hydrogens (tertiary/aromatic N) is 2. The molecule has 0 radical (unpaired) electrons. The zero-order valence-electron chi connectivity index (χ0n) is 14.1. The Morgan fingerprint density at radius 1 is 1.08 bits per heavy atom. The Balaban J connectivity index is 2.15. The molecule has 3 aromatic rings. The van der Waals surface area contributed by atoms with Gasteiger partial charge in [0.1, 0.15) is 5.82 Å². The molecule has 0 bridgehead atoms. The molecule has 1 unspecified atom stereocenters. The summed E-state index contributed by atoms with van der Waals surface area (Å²) < 4.78 is 2.19. The SMILES string of the molecule is CCC(N)c1nc2cc(C)c(C)cc2n1Cc1ccc(Cl)c(Cl)c1. The highest BCUT2D eigenvalue weighted by molar-refractivity contribution is 6.42. The van der Waals surface area contributed by atoms with E-state index in [0.717, 1.165) is 28.8 Å². The van der Waals surface area contributed by atoms with E-state index in [1.54, 1.807) is 0 Å². The van der Waals surface area contributed by atoms with Crippen molar-refractivity contribution < 1.29 is 0 Å². The summed E-state index contributed by atoms with van der Waals surface area (Å²) in [7, 11) is 0. The quantitative estimate of drug-likeness (QED) is 0.674.